The first-order valence-corrected chi connectivity index (χ1v) is 6.26. The summed E-state index contributed by atoms with van der Waals surface area (Å²) in [7, 11) is 0. The summed E-state index contributed by atoms with van der Waals surface area (Å²) in [4.78, 5) is 22.0. The lowest BCUT2D eigenvalue weighted by atomic mass is 10.0. The molecule has 0 aliphatic heterocycles. The molecule has 1 aromatic rings. The van der Waals surface area contributed by atoms with Gasteiger partial charge in [-0.2, -0.15) is 26.3 Å². The Labute approximate surface area is 131 Å². The maximum Gasteiger partial charge on any atom is 0.416 e. The molecule has 0 aromatic heterocycles. The second-order valence-corrected chi connectivity index (χ2v) is 4.75. The Bertz CT molecular complexity index is 633. The molecule has 4 nitrogen and oxygen atoms in total. The van der Waals surface area contributed by atoms with Crippen LogP contribution in [0.4, 0.5) is 26.3 Å². The van der Waals surface area contributed by atoms with Crippen molar-refractivity contribution in [2.75, 3.05) is 0 Å². The molecule has 0 bridgehead atoms. The SMILES string of the molecule is C=C(CC(=O)NC(c1ccc(C(F)(F)F)cc1)C(F)(F)F)C(=O)O. The zero-order valence-electron chi connectivity index (χ0n) is 11.8. The van der Waals surface area contributed by atoms with E-state index in [2.05, 4.69) is 6.58 Å². The van der Waals surface area contributed by atoms with E-state index in [1.54, 1.807) is 5.32 Å². The number of amides is 1. The van der Waals surface area contributed by atoms with Crippen LogP contribution < -0.4 is 5.32 Å². The fourth-order valence-electron chi connectivity index (χ4n) is 1.70. The zero-order valence-corrected chi connectivity index (χ0v) is 11.8. The van der Waals surface area contributed by atoms with Gasteiger partial charge in [-0.15, -0.1) is 0 Å². The van der Waals surface area contributed by atoms with Crippen molar-refractivity contribution in [1.29, 1.82) is 0 Å². The van der Waals surface area contributed by atoms with Crippen molar-refractivity contribution < 1.29 is 41.0 Å². The third kappa shape index (κ3) is 5.28. The van der Waals surface area contributed by atoms with Gasteiger partial charge in [-0.25, -0.2) is 4.79 Å². The highest BCUT2D eigenvalue weighted by molar-refractivity contribution is 5.93. The average molecular weight is 355 g/mol. The van der Waals surface area contributed by atoms with Crippen LogP contribution >= 0.6 is 0 Å². The number of rotatable bonds is 5. The molecule has 24 heavy (non-hydrogen) atoms. The third-order valence-corrected chi connectivity index (χ3v) is 2.88. The van der Waals surface area contributed by atoms with E-state index in [0.29, 0.717) is 24.3 Å². The van der Waals surface area contributed by atoms with Crippen molar-refractivity contribution in [3.63, 3.8) is 0 Å². The smallest absolute Gasteiger partial charge is 0.416 e. The van der Waals surface area contributed by atoms with E-state index in [1.807, 2.05) is 0 Å². The van der Waals surface area contributed by atoms with Crippen molar-refractivity contribution in [2.45, 2.75) is 24.8 Å². The van der Waals surface area contributed by atoms with Gasteiger partial charge in [0.05, 0.1) is 12.0 Å². The summed E-state index contributed by atoms with van der Waals surface area (Å²) in [6, 6.07) is -0.484. The molecule has 0 fully saturated rings. The van der Waals surface area contributed by atoms with Gasteiger partial charge in [0.15, 0.2) is 6.04 Å². The fourth-order valence-corrected chi connectivity index (χ4v) is 1.70. The first-order chi connectivity index (χ1) is 10.8. The summed E-state index contributed by atoms with van der Waals surface area (Å²) in [5.41, 5.74) is -2.39. The predicted octanol–water partition coefficient (Wildman–Crippen LogP) is 3.46. The summed E-state index contributed by atoms with van der Waals surface area (Å²) < 4.78 is 76.3. The first-order valence-electron chi connectivity index (χ1n) is 6.26. The third-order valence-electron chi connectivity index (χ3n) is 2.88. The maximum absolute atomic E-state index is 13.0. The molecule has 0 radical (unpaired) electrons. The topological polar surface area (TPSA) is 66.4 Å². The number of hydrogen-bond donors (Lipinski definition) is 2. The minimum Gasteiger partial charge on any atom is -0.478 e. The molecule has 1 amide bonds. The molecule has 1 atom stereocenters. The van der Waals surface area contributed by atoms with Gasteiger partial charge >= 0.3 is 18.3 Å². The van der Waals surface area contributed by atoms with Crippen molar-refractivity contribution in [3.05, 3.63) is 47.5 Å². The molecule has 0 saturated carbocycles. The van der Waals surface area contributed by atoms with E-state index >= 15 is 0 Å². The first kappa shape index (κ1) is 19.5. The highest BCUT2D eigenvalue weighted by Crippen LogP contribution is 2.35. The van der Waals surface area contributed by atoms with E-state index in [0.717, 1.165) is 0 Å². The van der Waals surface area contributed by atoms with Crippen molar-refractivity contribution in [3.8, 4) is 0 Å². The zero-order chi connectivity index (χ0) is 18.7. The van der Waals surface area contributed by atoms with Crippen molar-refractivity contribution in [1.82, 2.24) is 5.32 Å². The molecule has 2 N–H and O–H groups in total. The number of carbonyl (C=O) groups is 2. The summed E-state index contributed by atoms with van der Waals surface area (Å²) >= 11 is 0. The van der Waals surface area contributed by atoms with Crippen LogP contribution in [0.1, 0.15) is 23.6 Å². The summed E-state index contributed by atoms with van der Waals surface area (Å²) in [5, 5.41) is 10.1. The van der Waals surface area contributed by atoms with Crippen LogP contribution in [0.15, 0.2) is 36.4 Å². The minimum atomic E-state index is -4.99. The number of hydrogen-bond acceptors (Lipinski definition) is 2. The lowest BCUT2D eigenvalue weighted by molar-refractivity contribution is -0.163. The number of benzene rings is 1. The monoisotopic (exact) mass is 355 g/mol. The van der Waals surface area contributed by atoms with Crippen molar-refractivity contribution in [2.24, 2.45) is 0 Å². The van der Waals surface area contributed by atoms with Gasteiger partial charge < -0.3 is 10.4 Å². The van der Waals surface area contributed by atoms with Crippen LogP contribution in [-0.4, -0.2) is 23.2 Å². The number of nitrogens with one attached hydrogen (secondary N) is 1. The molecule has 0 aliphatic carbocycles. The van der Waals surface area contributed by atoms with Gasteiger partial charge in [0.2, 0.25) is 5.91 Å². The number of carboxylic acid groups (broad SMARTS) is 1. The maximum atomic E-state index is 13.0. The Balaban J connectivity index is 3.00. The van der Waals surface area contributed by atoms with Gasteiger partial charge in [-0.05, 0) is 17.7 Å². The molecule has 132 valence electrons. The Morgan fingerprint density at radius 2 is 1.58 bits per heavy atom. The number of carboxylic acids is 1. The van der Waals surface area contributed by atoms with E-state index in [1.165, 1.54) is 0 Å². The lowest BCUT2D eigenvalue weighted by Gasteiger charge is -2.22. The standard InChI is InChI=1S/C14H11F6NO3/c1-7(12(23)24)6-10(22)21-11(14(18,19)20)8-2-4-9(5-3-8)13(15,16)17/h2-5,11H,1,6H2,(H,21,22)(H,23,24). The van der Waals surface area contributed by atoms with E-state index in [4.69, 9.17) is 5.11 Å². The molecule has 1 aromatic carbocycles. The Morgan fingerprint density at radius 3 is 1.96 bits per heavy atom. The number of aliphatic carboxylic acids is 1. The quantitative estimate of drug-likeness (QED) is 0.628. The van der Waals surface area contributed by atoms with Crippen LogP contribution in [0.25, 0.3) is 0 Å². The van der Waals surface area contributed by atoms with E-state index in [9.17, 15) is 35.9 Å². The molecule has 0 aliphatic rings. The lowest BCUT2D eigenvalue weighted by Crippen LogP contribution is -2.38. The molecule has 1 rings (SSSR count). The molecule has 1 unspecified atom stereocenters. The highest BCUT2D eigenvalue weighted by atomic mass is 19.4. The van der Waals surface area contributed by atoms with Gasteiger partial charge in [-0.3, -0.25) is 4.79 Å². The molecular weight excluding hydrogens is 344 g/mol. The summed E-state index contributed by atoms with van der Waals surface area (Å²) in [6.07, 6.45) is -10.6. The van der Waals surface area contributed by atoms with Crippen LogP contribution in [0, 0.1) is 0 Å². The minimum absolute atomic E-state index is 0.455. The normalized spacial score (nSPS) is 13.2. The number of alkyl halides is 6. The highest BCUT2D eigenvalue weighted by Gasteiger charge is 2.42. The Kier molecular flexibility index (Phi) is 5.64. The molecular formula is C14H11F6NO3. The van der Waals surface area contributed by atoms with Gasteiger partial charge in [-0.1, -0.05) is 18.7 Å². The number of halogens is 6. The van der Waals surface area contributed by atoms with E-state index in [-0.39, 0.29) is 0 Å². The largest absolute Gasteiger partial charge is 0.478 e. The van der Waals surface area contributed by atoms with Crippen LogP contribution in [-0.2, 0) is 15.8 Å². The van der Waals surface area contributed by atoms with Crippen LogP contribution in [0.3, 0.4) is 0 Å². The van der Waals surface area contributed by atoms with Crippen LogP contribution in [0.5, 0.6) is 0 Å². The molecule has 0 spiro atoms. The van der Waals surface area contributed by atoms with Gasteiger partial charge in [0, 0.05) is 5.57 Å². The van der Waals surface area contributed by atoms with Gasteiger partial charge in [0.1, 0.15) is 0 Å². The van der Waals surface area contributed by atoms with Gasteiger partial charge in [0.25, 0.3) is 0 Å². The Morgan fingerprint density at radius 1 is 1.08 bits per heavy atom. The molecule has 10 heteroatoms. The molecule has 0 saturated heterocycles. The fraction of sp³-hybridized carbons (Fsp3) is 0.286. The Hall–Kier alpha value is -2.52. The second kappa shape index (κ2) is 6.93. The van der Waals surface area contributed by atoms with Crippen molar-refractivity contribution >= 4 is 11.9 Å². The second-order valence-electron chi connectivity index (χ2n) is 4.75. The summed E-state index contributed by atoms with van der Waals surface area (Å²) in [5.74, 6) is -2.83. The van der Waals surface area contributed by atoms with E-state index < -0.39 is 53.4 Å². The van der Waals surface area contributed by atoms with Crippen LogP contribution in [0.2, 0.25) is 0 Å². The summed E-state index contributed by atoms with van der Waals surface area (Å²) in [6.45, 7) is 3.01. The number of carbonyl (C=O) groups excluding carboxylic acids is 1. The average Bonchev–Trinajstić information content (AvgIpc) is 2.42. The predicted molar refractivity (Wildman–Crippen MR) is 69.8 cm³/mol. The molecule has 0 heterocycles.